The summed E-state index contributed by atoms with van der Waals surface area (Å²) < 4.78 is 0. The fraction of sp³-hybridized carbons (Fsp3) is 0.316. The number of hydrogen-bond acceptors (Lipinski definition) is 3. The first-order chi connectivity index (χ1) is 11.5. The van der Waals surface area contributed by atoms with Gasteiger partial charge in [-0.1, -0.05) is 11.6 Å². The second-order valence-electron chi connectivity index (χ2n) is 6.27. The summed E-state index contributed by atoms with van der Waals surface area (Å²) in [6.45, 7) is 3.26. The number of piperidine rings is 1. The number of nitrogens with two attached hydrogens (primary N) is 1. The van der Waals surface area contributed by atoms with Gasteiger partial charge in [-0.2, -0.15) is 0 Å². The zero-order valence-corrected chi connectivity index (χ0v) is 14.5. The number of hydrogen-bond donors (Lipinski definition) is 2. The molecule has 3 rings (SSSR count). The number of anilines is 3. The van der Waals surface area contributed by atoms with E-state index in [0.717, 1.165) is 12.2 Å². The molecule has 0 aromatic heterocycles. The van der Waals surface area contributed by atoms with Gasteiger partial charge in [-0.05, 0) is 68.7 Å². The quantitative estimate of drug-likeness (QED) is 0.803. The minimum Gasteiger partial charge on any atom is -0.397 e. The van der Waals surface area contributed by atoms with Crippen molar-refractivity contribution in [3.05, 3.63) is 53.1 Å². The molecule has 2 aromatic carbocycles. The largest absolute Gasteiger partial charge is 0.397 e. The normalized spacial score (nSPS) is 17.6. The van der Waals surface area contributed by atoms with Crippen LogP contribution in [0, 0.1) is 0 Å². The first kappa shape index (κ1) is 16.7. The van der Waals surface area contributed by atoms with Gasteiger partial charge in [-0.3, -0.25) is 4.79 Å². The predicted molar refractivity (Wildman–Crippen MR) is 101 cm³/mol. The lowest BCUT2D eigenvalue weighted by Gasteiger charge is -2.36. The molecule has 24 heavy (non-hydrogen) atoms. The third-order valence-electron chi connectivity index (χ3n) is 4.50. The summed E-state index contributed by atoms with van der Waals surface area (Å²) in [7, 11) is 0. The maximum atomic E-state index is 12.3. The van der Waals surface area contributed by atoms with E-state index in [4.69, 9.17) is 17.3 Å². The van der Waals surface area contributed by atoms with Gasteiger partial charge in [0.1, 0.15) is 0 Å². The third kappa shape index (κ3) is 3.65. The van der Waals surface area contributed by atoms with Crippen molar-refractivity contribution in [3.63, 3.8) is 0 Å². The predicted octanol–water partition coefficient (Wildman–Crippen LogP) is 4.55. The number of nitrogens with zero attached hydrogens (tertiary/aromatic N) is 1. The Hall–Kier alpha value is -2.20. The highest BCUT2D eigenvalue weighted by atomic mass is 35.5. The van der Waals surface area contributed by atoms with Crippen molar-refractivity contribution in [2.45, 2.75) is 32.2 Å². The Morgan fingerprint density at radius 2 is 1.96 bits per heavy atom. The second-order valence-corrected chi connectivity index (χ2v) is 6.71. The zero-order valence-electron chi connectivity index (χ0n) is 13.8. The van der Waals surface area contributed by atoms with Crippen LogP contribution < -0.4 is 16.0 Å². The monoisotopic (exact) mass is 343 g/mol. The van der Waals surface area contributed by atoms with Crippen LogP contribution in [0.1, 0.15) is 36.5 Å². The molecule has 1 saturated heterocycles. The van der Waals surface area contributed by atoms with Crippen molar-refractivity contribution in [1.82, 2.24) is 0 Å². The first-order valence-electron chi connectivity index (χ1n) is 8.27. The summed E-state index contributed by atoms with van der Waals surface area (Å²) in [5.74, 6) is -0.176. The van der Waals surface area contributed by atoms with Gasteiger partial charge in [-0.25, -0.2) is 0 Å². The van der Waals surface area contributed by atoms with Crippen molar-refractivity contribution < 1.29 is 4.79 Å². The number of amides is 1. The lowest BCUT2D eigenvalue weighted by Crippen LogP contribution is -2.37. The maximum Gasteiger partial charge on any atom is 0.255 e. The molecular weight excluding hydrogens is 322 g/mol. The fourth-order valence-corrected chi connectivity index (χ4v) is 3.28. The van der Waals surface area contributed by atoms with Crippen LogP contribution in [0.3, 0.4) is 0 Å². The van der Waals surface area contributed by atoms with Gasteiger partial charge in [-0.15, -0.1) is 0 Å². The Balaban J connectivity index is 1.74. The Bertz CT molecular complexity index is 730. The van der Waals surface area contributed by atoms with Gasteiger partial charge in [0.05, 0.1) is 11.4 Å². The van der Waals surface area contributed by atoms with E-state index in [1.807, 2.05) is 18.2 Å². The summed E-state index contributed by atoms with van der Waals surface area (Å²) in [6, 6.07) is 13.0. The van der Waals surface area contributed by atoms with E-state index < -0.39 is 0 Å². The summed E-state index contributed by atoms with van der Waals surface area (Å²) in [5, 5.41) is 3.49. The first-order valence-corrected chi connectivity index (χ1v) is 8.65. The number of halogens is 1. The van der Waals surface area contributed by atoms with E-state index in [-0.39, 0.29) is 5.91 Å². The molecule has 0 bridgehead atoms. The molecule has 126 valence electrons. The molecular formula is C19H22ClN3O. The Labute approximate surface area is 147 Å². The summed E-state index contributed by atoms with van der Waals surface area (Å²) in [6.07, 6.45) is 3.65. The molecule has 1 amide bonds. The highest BCUT2D eigenvalue weighted by Crippen LogP contribution is 2.31. The van der Waals surface area contributed by atoms with Crippen LogP contribution in [0.15, 0.2) is 42.5 Å². The van der Waals surface area contributed by atoms with E-state index in [9.17, 15) is 4.79 Å². The molecule has 1 heterocycles. The van der Waals surface area contributed by atoms with E-state index in [1.165, 1.54) is 19.3 Å². The van der Waals surface area contributed by atoms with Gasteiger partial charge in [0.15, 0.2) is 0 Å². The van der Waals surface area contributed by atoms with Crippen molar-refractivity contribution >= 4 is 34.6 Å². The average molecular weight is 344 g/mol. The topological polar surface area (TPSA) is 58.4 Å². The number of rotatable bonds is 3. The van der Waals surface area contributed by atoms with Crippen LogP contribution in [0.4, 0.5) is 17.1 Å². The van der Waals surface area contributed by atoms with Crippen molar-refractivity contribution in [2.75, 3.05) is 22.5 Å². The van der Waals surface area contributed by atoms with Gasteiger partial charge in [0.25, 0.3) is 5.91 Å². The molecule has 1 aliphatic heterocycles. The van der Waals surface area contributed by atoms with Crippen LogP contribution in [0.25, 0.3) is 0 Å². The van der Waals surface area contributed by atoms with E-state index in [0.29, 0.717) is 28.0 Å². The zero-order chi connectivity index (χ0) is 17.1. The summed E-state index contributed by atoms with van der Waals surface area (Å²) >= 11 is 5.85. The fourth-order valence-electron chi connectivity index (χ4n) is 3.15. The highest BCUT2D eigenvalue weighted by Gasteiger charge is 2.20. The number of benzene rings is 2. The van der Waals surface area contributed by atoms with Gasteiger partial charge >= 0.3 is 0 Å². The van der Waals surface area contributed by atoms with Gasteiger partial charge in [0, 0.05) is 28.9 Å². The molecule has 1 fully saturated rings. The minimum atomic E-state index is -0.176. The SMILES string of the molecule is C[C@@H]1CCCCN1c1ccc(NC(=O)c2ccc(Cl)cc2)cc1N. The van der Waals surface area contributed by atoms with Crippen LogP contribution in [0.2, 0.25) is 5.02 Å². The minimum absolute atomic E-state index is 0.176. The molecule has 1 aliphatic rings. The lowest BCUT2D eigenvalue weighted by molar-refractivity contribution is 0.102. The van der Waals surface area contributed by atoms with E-state index >= 15 is 0 Å². The average Bonchev–Trinajstić information content (AvgIpc) is 2.56. The van der Waals surface area contributed by atoms with Crippen LogP contribution >= 0.6 is 11.6 Å². The Morgan fingerprint density at radius 1 is 1.21 bits per heavy atom. The maximum absolute atomic E-state index is 12.3. The Morgan fingerprint density at radius 3 is 2.62 bits per heavy atom. The van der Waals surface area contributed by atoms with Crippen molar-refractivity contribution in [1.29, 1.82) is 0 Å². The molecule has 5 heteroatoms. The van der Waals surface area contributed by atoms with Crippen molar-refractivity contribution in [3.8, 4) is 0 Å². The van der Waals surface area contributed by atoms with Gasteiger partial charge < -0.3 is 16.0 Å². The molecule has 0 spiro atoms. The molecule has 0 aliphatic carbocycles. The number of carbonyl (C=O) groups excluding carboxylic acids is 1. The van der Waals surface area contributed by atoms with E-state index in [2.05, 4.69) is 17.1 Å². The molecule has 0 radical (unpaired) electrons. The highest BCUT2D eigenvalue weighted by molar-refractivity contribution is 6.30. The second kappa shape index (κ2) is 7.14. The molecule has 2 aromatic rings. The molecule has 3 N–H and O–H groups in total. The molecule has 0 saturated carbocycles. The molecule has 4 nitrogen and oxygen atoms in total. The van der Waals surface area contributed by atoms with Crippen LogP contribution in [0.5, 0.6) is 0 Å². The lowest BCUT2D eigenvalue weighted by atomic mass is 10.0. The van der Waals surface area contributed by atoms with Crippen LogP contribution in [-0.4, -0.2) is 18.5 Å². The summed E-state index contributed by atoms with van der Waals surface area (Å²) in [5.41, 5.74) is 9.24. The number of nitrogens with one attached hydrogen (secondary N) is 1. The number of carbonyl (C=O) groups is 1. The van der Waals surface area contributed by atoms with Gasteiger partial charge in [0.2, 0.25) is 0 Å². The smallest absolute Gasteiger partial charge is 0.255 e. The Kier molecular flexibility index (Phi) is 4.95. The number of nitrogen functional groups attached to an aromatic ring is 1. The van der Waals surface area contributed by atoms with Crippen LogP contribution in [-0.2, 0) is 0 Å². The van der Waals surface area contributed by atoms with Crippen molar-refractivity contribution in [2.24, 2.45) is 0 Å². The molecule has 1 atom stereocenters. The van der Waals surface area contributed by atoms with E-state index in [1.54, 1.807) is 24.3 Å². The standard InChI is InChI=1S/C19H22ClN3O/c1-13-4-2-3-11-23(13)18-10-9-16(12-17(18)21)22-19(24)14-5-7-15(20)8-6-14/h5-10,12-13H,2-4,11,21H2,1H3,(H,22,24)/t13-/m1/s1. The third-order valence-corrected chi connectivity index (χ3v) is 4.76. The molecule has 0 unspecified atom stereocenters. The summed E-state index contributed by atoms with van der Waals surface area (Å²) in [4.78, 5) is 14.6.